The van der Waals surface area contributed by atoms with Crippen LogP contribution in [0.2, 0.25) is 0 Å². The Labute approximate surface area is 85.2 Å². The molecule has 1 aromatic rings. The lowest BCUT2D eigenvalue weighted by Gasteiger charge is -2.13. The fourth-order valence-electron chi connectivity index (χ4n) is 1.54. The van der Waals surface area contributed by atoms with Crippen LogP contribution in [0.1, 0.15) is 29.9 Å². The normalized spacial score (nSPS) is 12.8. The molecule has 1 unspecified atom stereocenters. The second-order valence-corrected chi connectivity index (χ2v) is 3.66. The maximum Gasteiger partial charge on any atom is 0.0499 e. The van der Waals surface area contributed by atoms with Crippen molar-refractivity contribution in [2.75, 3.05) is 13.2 Å². The van der Waals surface area contributed by atoms with Gasteiger partial charge in [0.2, 0.25) is 0 Å². The van der Waals surface area contributed by atoms with Gasteiger partial charge in [-0.15, -0.1) is 0 Å². The molecule has 0 saturated carbocycles. The third-order valence-corrected chi connectivity index (χ3v) is 2.48. The van der Waals surface area contributed by atoms with Crippen molar-refractivity contribution in [3.05, 3.63) is 35.4 Å². The highest BCUT2D eigenvalue weighted by Crippen LogP contribution is 2.20. The molecule has 1 atom stereocenters. The van der Waals surface area contributed by atoms with Crippen molar-refractivity contribution in [3.8, 4) is 0 Å². The fourth-order valence-corrected chi connectivity index (χ4v) is 1.54. The van der Waals surface area contributed by atoms with Crippen LogP contribution in [0.15, 0.2) is 24.3 Å². The van der Waals surface area contributed by atoms with E-state index < -0.39 is 0 Å². The first-order valence-electron chi connectivity index (χ1n) is 5.06. The van der Waals surface area contributed by atoms with Crippen molar-refractivity contribution in [3.63, 3.8) is 0 Å². The summed E-state index contributed by atoms with van der Waals surface area (Å²) >= 11 is 0. The van der Waals surface area contributed by atoms with Crippen LogP contribution in [0.4, 0.5) is 0 Å². The first kappa shape index (κ1) is 11.2. The number of hydrogen-bond acceptors (Lipinski definition) is 2. The number of benzene rings is 1. The predicted molar refractivity (Wildman–Crippen MR) is 57.3 cm³/mol. The summed E-state index contributed by atoms with van der Waals surface area (Å²) in [5.74, 6) is 0.169. The second-order valence-electron chi connectivity index (χ2n) is 3.66. The van der Waals surface area contributed by atoms with Gasteiger partial charge in [-0.3, -0.25) is 0 Å². The third kappa shape index (κ3) is 3.13. The molecule has 0 fully saturated rings. The Morgan fingerprint density at radius 3 is 2.29 bits per heavy atom. The van der Waals surface area contributed by atoms with Crippen LogP contribution in [-0.4, -0.2) is 23.4 Å². The lowest BCUT2D eigenvalue weighted by atomic mass is 9.94. The van der Waals surface area contributed by atoms with E-state index in [4.69, 9.17) is 5.11 Å². The van der Waals surface area contributed by atoms with Crippen LogP contribution in [0.3, 0.4) is 0 Å². The highest BCUT2D eigenvalue weighted by molar-refractivity contribution is 5.24. The van der Waals surface area contributed by atoms with Crippen molar-refractivity contribution >= 4 is 0 Å². The minimum Gasteiger partial charge on any atom is -0.396 e. The van der Waals surface area contributed by atoms with Crippen LogP contribution in [0.25, 0.3) is 0 Å². The van der Waals surface area contributed by atoms with Crippen molar-refractivity contribution in [1.29, 1.82) is 0 Å². The zero-order chi connectivity index (χ0) is 10.4. The van der Waals surface area contributed by atoms with Crippen LogP contribution in [0, 0.1) is 6.92 Å². The quantitative estimate of drug-likeness (QED) is 0.751. The average molecular weight is 194 g/mol. The molecule has 2 N–H and O–H groups in total. The first-order valence-corrected chi connectivity index (χ1v) is 5.06. The topological polar surface area (TPSA) is 40.5 Å². The predicted octanol–water partition coefficient (Wildman–Crippen LogP) is 1.84. The zero-order valence-corrected chi connectivity index (χ0v) is 8.61. The molecule has 1 aromatic carbocycles. The summed E-state index contributed by atoms with van der Waals surface area (Å²) in [6, 6.07) is 8.20. The summed E-state index contributed by atoms with van der Waals surface area (Å²) < 4.78 is 0. The van der Waals surface area contributed by atoms with Gasteiger partial charge in [-0.25, -0.2) is 0 Å². The number of aliphatic hydroxyl groups excluding tert-OH is 2. The summed E-state index contributed by atoms with van der Waals surface area (Å²) in [5.41, 5.74) is 2.39. The van der Waals surface area contributed by atoms with Gasteiger partial charge in [0.25, 0.3) is 0 Å². The summed E-state index contributed by atoms with van der Waals surface area (Å²) in [5, 5.41) is 17.9. The maximum atomic E-state index is 9.19. The van der Waals surface area contributed by atoms with E-state index in [1.54, 1.807) is 0 Å². The van der Waals surface area contributed by atoms with Crippen molar-refractivity contribution in [2.24, 2.45) is 0 Å². The Hall–Kier alpha value is -0.860. The molecule has 14 heavy (non-hydrogen) atoms. The molecule has 0 bridgehead atoms. The first-order chi connectivity index (χ1) is 6.77. The zero-order valence-electron chi connectivity index (χ0n) is 8.61. The number of aliphatic hydroxyl groups is 2. The van der Waals surface area contributed by atoms with Gasteiger partial charge in [0, 0.05) is 19.1 Å². The molecule has 78 valence electrons. The summed E-state index contributed by atoms with van der Waals surface area (Å²) in [4.78, 5) is 0. The molecule has 0 aliphatic heterocycles. The molecule has 2 heteroatoms. The Bertz CT molecular complexity index is 254. The molecule has 0 aromatic heterocycles. The third-order valence-electron chi connectivity index (χ3n) is 2.48. The van der Waals surface area contributed by atoms with Crippen molar-refractivity contribution < 1.29 is 10.2 Å². The average Bonchev–Trinajstić information content (AvgIpc) is 2.21. The van der Waals surface area contributed by atoms with Gasteiger partial charge < -0.3 is 10.2 Å². The summed E-state index contributed by atoms with van der Waals surface area (Å²) in [7, 11) is 0. The van der Waals surface area contributed by atoms with Gasteiger partial charge in [0.15, 0.2) is 0 Å². The molecule has 2 nitrogen and oxygen atoms in total. The number of hydrogen-bond donors (Lipinski definition) is 2. The van der Waals surface area contributed by atoms with Gasteiger partial charge in [0.1, 0.15) is 0 Å². The lowest BCUT2D eigenvalue weighted by molar-refractivity contribution is 0.237. The smallest absolute Gasteiger partial charge is 0.0499 e. The molecule has 0 radical (unpaired) electrons. The summed E-state index contributed by atoms with van der Waals surface area (Å²) in [6.45, 7) is 2.40. The van der Waals surface area contributed by atoms with E-state index >= 15 is 0 Å². The highest BCUT2D eigenvalue weighted by Gasteiger charge is 2.09. The molecule has 0 saturated heterocycles. The minimum atomic E-state index is 0.156. The lowest BCUT2D eigenvalue weighted by Crippen LogP contribution is -2.05. The Balaban J connectivity index is 2.64. The van der Waals surface area contributed by atoms with E-state index in [-0.39, 0.29) is 19.1 Å². The van der Waals surface area contributed by atoms with E-state index in [9.17, 15) is 5.11 Å². The number of rotatable bonds is 5. The molecule has 1 rings (SSSR count). The fraction of sp³-hybridized carbons (Fsp3) is 0.500. The largest absolute Gasteiger partial charge is 0.396 e. The van der Waals surface area contributed by atoms with Gasteiger partial charge in [-0.05, 0) is 25.3 Å². The standard InChI is InChI=1S/C12H18O2/c1-10-4-6-11(7-5-10)12(9-14)3-2-8-13/h4-7,12-14H,2-3,8-9H2,1H3. The van der Waals surface area contributed by atoms with Gasteiger partial charge in [0.05, 0.1) is 0 Å². The van der Waals surface area contributed by atoms with E-state index in [2.05, 4.69) is 12.1 Å². The van der Waals surface area contributed by atoms with Gasteiger partial charge in [-0.1, -0.05) is 29.8 Å². The van der Waals surface area contributed by atoms with Gasteiger partial charge in [-0.2, -0.15) is 0 Å². The molecule has 0 heterocycles. The molecule has 0 aliphatic carbocycles. The van der Waals surface area contributed by atoms with Crippen LogP contribution < -0.4 is 0 Å². The van der Waals surface area contributed by atoms with E-state index in [0.29, 0.717) is 0 Å². The Morgan fingerprint density at radius 2 is 1.79 bits per heavy atom. The SMILES string of the molecule is Cc1ccc(C(CO)CCCO)cc1. The van der Waals surface area contributed by atoms with Crippen LogP contribution in [-0.2, 0) is 0 Å². The second kappa shape index (κ2) is 5.78. The highest BCUT2D eigenvalue weighted by atomic mass is 16.3. The number of aryl methyl sites for hydroxylation is 1. The minimum absolute atomic E-state index is 0.156. The van der Waals surface area contributed by atoms with Crippen LogP contribution in [0.5, 0.6) is 0 Å². The Morgan fingerprint density at radius 1 is 1.14 bits per heavy atom. The maximum absolute atomic E-state index is 9.19. The Kier molecular flexibility index (Phi) is 4.63. The van der Waals surface area contributed by atoms with Gasteiger partial charge >= 0.3 is 0 Å². The van der Waals surface area contributed by atoms with E-state index in [1.165, 1.54) is 5.56 Å². The van der Waals surface area contributed by atoms with Crippen LogP contribution >= 0.6 is 0 Å². The molecule has 0 spiro atoms. The van der Waals surface area contributed by atoms with Crippen molar-refractivity contribution in [2.45, 2.75) is 25.7 Å². The van der Waals surface area contributed by atoms with Crippen molar-refractivity contribution in [1.82, 2.24) is 0 Å². The molecule has 0 amide bonds. The van der Waals surface area contributed by atoms with E-state index in [1.807, 2.05) is 19.1 Å². The molecule has 0 aliphatic rings. The molecular formula is C12H18O2. The molecular weight excluding hydrogens is 176 g/mol. The monoisotopic (exact) mass is 194 g/mol. The van der Waals surface area contributed by atoms with E-state index in [0.717, 1.165) is 18.4 Å². The summed E-state index contributed by atoms with van der Waals surface area (Å²) in [6.07, 6.45) is 1.59.